The monoisotopic (exact) mass is 370 g/mol. The summed E-state index contributed by atoms with van der Waals surface area (Å²) >= 11 is 3.42. The predicted octanol–water partition coefficient (Wildman–Crippen LogP) is -1.33. The summed E-state index contributed by atoms with van der Waals surface area (Å²) in [6, 6.07) is 12.6. The molecule has 0 atom stereocenters. The Kier molecular flexibility index (Phi) is 5.93. The quantitative estimate of drug-likeness (QED) is 0.606. The van der Waals surface area contributed by atoms with Gasteiger partial charge < -0.3 is 24.8 Å². The third-order valence-electron chi connectivity index (χ3n) is 4.70. The molecule has 22 heavy (non-hydrogen) atoms. The van der Waals surface area contributed by atoms with Crippen LogP contribution in [0.4, 0.5) is 0 Å². The molecule has 1 aliphatic rings. The zero-order valence-electron chi connectivity index (χ0n) is 13.1. The van der Waals surface area contributed by atoms with Gasteiger partial charge in [-0.3, -0.25) is 0 Å². The summed E-state index contributed by atoms with van der Waals surface area (Å²) in [6.45, 7) is 8.83. The molecule has 0 unspecified atom stereocenters. The molecule has 0 amide bonds. The molecule has 3 rings (SSSR count). The van der Waals surface area contributed by atoms with E-state index in [-0.39, 0.29) is 29.1 Å². The Bertz CT molecular complexity index is 754. The van der Waals surface area contributed by atoms with Gasteiger partial charge in [-0.05, 0) is 0 Å². The van der Waals surface area contributed by atoms with Crippen LogP contribution in [0.2, 0.25) is 0 Å². The Labute approximate surface area is 153 Å². The van der Waals surface area contributed by atoms with Crippen molar-refractivity contribution >= 4 is 10.9 Å². The van der Waals surface area contributed by atoms with Crippen molar-refractivity contribution in [1.82, 2.24) is 4.98 Å². The van der Waals surface area contributed by atoms with Crippen molar-refractivity contribution in [3.05, 3.63) is 64.4 Å². The van der Waals surface area contributed by atoms with Crippen LogP contribution in [-0.4, -0.2) is 4.98 Å². The van der Waals surface area contributed by atoms with E-state index in [1.807, 2.05) is 6.07 Å². The number of hydrogen-bond donors (Lipinski definition) is 0. The van der Waals surface area contributed by atoms with Crippen LogP contribution in [-0.2, 0) is 20.6 Å². The zero-order valence-corrected chi connectivity index (χ0v) is 15.9. The normalized spacial score (nSPS) is 16.5. The number of allylic oxidation sites excluding steroid dienone is 4. The molecule has 1 aromatic heterocycles. The molecule has 0 fully saturated rings. The number of pyridine rings is 1. The van der Waals surface area contributed by atoms with Crippen molar-refractivity contribution in [3.8, 4) is 0 Å². The molecule has 0 saturated heterocycles. The molecule has 1 heterocycles. The molecule has 0 radical (unpaired) electrons. The van der Waals surface area contributed by atoms with Crippen molar-refractivity contribution in [2.75, 3.05) is 0 Å². The third-order valence-corrected chi connectivity index (χ3v) is 5.99. The van der Waals surface area contributed by atoms with E-state index in [1.54, 1.807) is 0 Å². The average molecular weight is 371 g/mol. The number of hydrogen-bond acceptors (Lipinski definition) is 1. The summed E-state index contributed by atoms with van der Waals surface area (Å²) in [5.74, 6) is 0. The second-order valence-electron chi connectivity index (χ2n) is 5.57. The van der Waals surface area contributed by atoms with Gasteiger partial charge in [0.25, 0.3) is 0 Å². The van der Waals surface area contributed by atoms with Gasteiger partial charge in [-0.15, -0.1) is 0 Å². The second kappa shape index (κ2) is 6.77. The summed E-state index contributed by atoms with van der Waals surface area (Å²) in [6.07, 6.45) is 0. The fraction of sp³-hybridized carbons (Fsp3) is 0.278. The molecule has 0 saturated carbocycles. The molecule has 2 aromatic rings. The minimum Gasteiger partial charge on any atom is -1.00 e. The summed E-state index contributed by atoms with van der Waals surface area (Å²) in [5, 5.41) is 1.19. The first-order valence-corrected chi connectivity index (χ1v) is 7.53. The van der Waals surface area contributed by atoms with E-state index in [9.17, 15) is 0 Å². The van der Waals surface area contributed by atoms with Crippen LogP contribution in [0, 0.1) is 0 Å². The van der Waals surface area contributed by atoms with E-state index in [1.165, 1.54) is 27.7 Å². The first-order valence-electron chi connectivity index (χ1n) is 6.89. The number of rotatable bonds is 1. The van der Waals surface area contributed by atoms with Crippen LogP contribution in [0.3, 0.4) is 0 Å². The van der Waals surface area contributed by atoms with Crippen molar-refractivity contribution in [1.29, 1.82) is 0 Å². The van der Waals surface area contributed by atoms with Gasteiger partial charge in [0.2, 0.25) is 0 Å². The van der Waals surface area contributed by atoms with Gasteiger partial charge >= 0.3 is 129 Å². The molecule has 0 aliphatic heterocycles. The third kappa shape index (κ3) is 2.63. The van der Waals surface area contributed by atoms with Gasteiger partial charge in [0, 0.05) is 0 Å². The van der Waals surface area contributed by atoms with Crippen LogP contribution in [0.15, 0.2) is 58.7 Å². The minimum atomic E-state index is -0.182. The summed E-state index contributed by atoms with van der Waals surface area (Å²) < 4.78 is -0.182. The topological polar surface area (TPSA) is 12.9 Å². The first-order chi connectivity index (χ1) is 9.46. The van der Waals surface area contributed by atoms with E-state index < -0.39 is 0 Å². The van der Waals surface area contributed by atoms with Crippen molar-refractivity contribution in [2.24, 2.45) is 0 Å². The van der Waals surface area contributed by atoms with Gasteiger partial charge in [-0.25, -0.2) is 0 Å². The Balaban J connectivity index is 0.00000121. The van der Waals surface area contributed by atoms with Gasteiger partial charge in [0.15, 0.2) is 0 Å². The molecule has 1 aromatic carbocycles. The summed E-state index contributed by atoms with van der Waals surface area (Å²) in [4.78, 5) is 4.90. The molecule has 4 heteroatoms. The van der Waals surface area contributed by atoms with Crippen LogP contribution in [0.25, 0.3) is 10.9 Å². The van der Waals surface area contributed by atoms with Crippen LogP contribution >= 0.6 is 0 Å². The molecule has 0 bridgehead atoms. The van der Waals surface area contributed by atoms with Crippen molar-refractivity contribution in [3.63, 3.8) is 0 Å². The van der Waals surface area contributed by atoms with E-state index in [2.05, 4.69) is 74.3 Å². The number of benzene rings is 1. The van der Waals surface area contributed by atoms with Crippen LogP contribution < -0.4 is 24.8 Å². The SMILES string of the molecule is CC1=C(C)[C]([Cr+2])(c2ccc3ccccc3n2)C(C)=C1C.[Cl-].[Cl-]. The minimum absolute atomic E-state index is 0. The largest absolute Gasteiger partial charge is 1.00 e. The van der Waals surface area contributed by atoms with Crippen molar-refractivity contribution in [2.45, 2.75) is 32.0 Å². The zero-order chi connectivity index (χ0) is 14.5. The Morgan fingerprint density at radius 1 is 0.818 bits per heavy atom. The number of aromatic nitrogens is 1. The fourth-order valence-corrected chi connectivity index (χ4v) is 3.67. The molecular formula is C18H18Cl2CrN. The van der Waals surface area contributed by atoms with Crippen LogP contribution in [0.5, 0.6) is 0 Å². The molecule has 1 aliphatic carbocycles. The fourth-order valence-electron chi connectivity index (χ4n) is 3.02. The maximum atomic E-state index is 4.90. The molecular weight excluding hydrogens is 353 g/mol. The number of halogens is 2. The Morgan fingerprint density at radius 2 is 1.36 bits per heavy atom. The number of nitrogens with zero attached hydrogens (tertiary/aromatic N) is 1. The molecule has 0 spiro atoms. The van der Waals surface area contributed by atoms with Gasteiger partial charge in [-0.2, -0.15) is 0 Å². The average Bonchev–Trinajstić information content (AvgIpc) is 2.63. The molecule has 115 valence electrons. The summed E-state index contributed by atoms with van der Waals surface area (Å²) in [5.41, 5.74) is 7.67. The number of fused-ring (bicyclic) bond motifs is 1. The van der Waals surface area contributed by atoms with E-state index in [0.717, 1.165) is 11.2 Å². The predicted molar refractivity (Wildman–Crippen MR) is 80.2 cm³/mol. The molecule has 0 N–H and O–H groups in total. The molecule has 1 nitrogen and oxygen atoms in total. The standard InChI is InChI=1S/C18H18N.2ClH.Cr/c1-11-12(2)14(4)18(13(11)3)17-10-9-15-7-5-6-8-16(15)19-17;;;/h5-10H,1-4H3;2*1H;/q;;;+2/p-2. The van der Waals surface area contributed by atoms with Gasteiger partial charge in [0.05, 0.1) is 0 Å². The van der Waals surface area contributed by atoms with E-state index >= 15 is 0 Å². The van der Waals surface area contributed by atoms with E-state index in [0.29, 0.717) is 0 Å². The number of para-hydroxylation sites is 1. The second-order valence-corrected chi connectivity index (χ2v) is 6.53. The summed E-state index contributed by atoms with van der Waals surface area (Å²) in [7, 11) is 0. The Morgan fingerprint density at radius 3 is 1.95 bits per heavy atom. The maximum Gasteiger partial charge on any atom is -1.00 e. The smallest absolute Gasteiger partial charge is 1.00 e. The van der Waals surface area contributed by atoms with Crippen molar-refractivity contribution < 1.29 is 41.1 Å². The van der Waals surface area contributed by atoms with Crippen LogP contribution in [0.1, 0.15) is 33.4 Å². The van der Waals surface area contributed by atoms with E-state index in [4.69, 9.17) is 4.98 Å². The van der Waals surface area contributed by atoms with Gasteiger partial charge in [-0.1, -0.05) is 0 Å². The first kappa shape index (κ1) is 19.3. The Hall–Kier alpha value is -0.778. The van der Waals surface area contributed by atoms with Gasteiger partial charge in [0.1, 0.15) is 0 Å². The maximum absolute atomic E-state index is 4.90.